The van der Waals surface area contributed by atoms with Crippen molar-refractivity contribution in [1.29, 1.82) is 0 Å². The van der Waals surface area contributed by atoms with Crippen molar-refractivity contribution in [3.05, 3.63) is 30.1 Å². The molecule has 0 saturated heterocycles. The Labute approximate surface area is 141 Å². The van der Waals surface area contributed by atoms with Gasteiger partial charge in [-0.2, -0.15) is 10.2 Å². The van der Waals surface area contributed by atoms with Gasteiger partial charge < -0.3 is 10.4 Å². The third kappa shape index (κ3) is 2.98. The highest BCUT2D eigenvalue weighted by Crippen LogP contribution is 2.38. The first-order valence-electron chi connectivity index (χ1n) is 9.02. The summed E-state index contributed by atoms with van der Waals surface area (Å²) in [5.74, 6) is 1.49. The SMILES string of the molecule is Cc1cnn([C@H]2[C@H](O)C[C@@H]2NC(c2ncn[nH]2)C2CCCCC2)c1. The fourth-order valence-electron chi connectivity index (χ4n) is 4.24. The third-order valence-corrected chi connectivity index (χ3v) is 5.58. The molecule has 4 rings (SSSR count). The number of aromatic nitrogens is 5. The number of hydrogen-bond acceptors (Lipinski definition) is 5. The quantitative estimate of drug-likeness (QED) is 0.779. The maximum Gasteiger partial charge on any atom is 0.141 e. The van der Waals surface area contributed by atoms with Crippen molar-refractivity contribution in [1.82, 2.24) is 30.3 Å². The summed E-state index contributed by atoms with van der Waals surface area (Å²) in [7, 11) is 0. The van der Waals surface area contributed by atoms with Gasteiger partial charge in [-0.3, -0.25) is 9.78 Å². The minimum atomic E-state index is -0.344. The maximum absolute atomic E-state index is 10.3. The predicted octanol–water partition coefficient (Wildman–Crippen LogP) is 1.90. The monoisotopic (exact) mass is 330 g/mol. The highest BCUT2D eigenvalue weighted by atomic mass is 16.3. The van der Waals surface area contributed by atoms with Crippen molar-refractivity contribution in [2.45, 2.75) is 69.7 Å². The summed E-state index contributed by atoms with van der Waals surface area (Å²) in [4.78, 5) is 4.41. The highest BCUT2D eigenvalue weighted by molar-refractivity contribution is 5.08. The molecule has 4 atom stereocenters. The van der Waals surface area contributed by atoms with Gasteiger partial charge in [-0.25, -0.2) is 4.98 Å². The van der Waals surface area contributed by atoms with Gasteiger partial charge in [0.2, 0.25) is 0 Å². The molecule has 2 aromatic rings. The molecule has 0 aromatic carbocycles. The molecule has 2 saturated carbocycles. The van der Waals surface area contributed by atoms with Gasteiger partial charge in [-0.15, -0.1) is 0 Å². The molecule has 0 aliphatic heterocycles. The number of aryl methyl sites for hydroxylation is 1. The second-order valence-corrected chi connectivity index (χ2v) is 7.31. The molecule has 0 amide bonds. The van der Waals surface area contributed by atoms with E-state index < -0.39 is 0 Å². The van der Waals surface area contributed by atoms with Crippen LogP contribution in [0.1, 0.15) is 62.0 Å². The van der Waals surface area contributed by atoms with E-state index in [-0.39, 0.29) is 24.2 Å². The minimum Gasteiger partial charge on any atom is -0.391 e. The molecule has 3 N–H and O–H groups in total. The number of nitrogens with one attached hydrogen (secondary N) is 2. The van der Waals surface area contributed by atoms with Crippen LogP contribution in [0, 0.1) is 12.8 Å². The molecule has 2 aliphatic carbocycles. The van der Waals surface area contributed by atoms with Gasteiger partial charge in [-0.05, 0) is 37.7 Å². The van der Waals surface area contributed by atoms with Gasteiger partial charge in [0.1, 0.15) is 12.2 Å². The molecule has 0 spiro atoms. The van der Waals surface area contributed by atoms with Gasteiger partial charge in [0, 0.05) is 12.2 Å². The van der Waals surface area contributed by atoms with Gasteiger partial charge in [0.05, 0.1) is 24.4 Å². The summed E-state index contributed by atoms with van der Waals surface area (Å²) in [5.41, 5.74) is 1.12. The van der Waals surface area contributed by atoms with Crippen LogP contribution in [0.25, 0.3) is 0 Å². The number of H-pyrrole nitrogens is 1. The van der Waals surface area contributed by atoms with Crippen LogP contribution in [-0.4, -0.2) is 42.2 Å². The van der Waals surface area contributed by atoms with Gasteiger partial charge >= 0.3 is 0 Å². The first-order valence-corrected chi connectivity index (χ1v) is 9.02. The number of aliphatic hydroxyl groups is 1. The highest BCUT2D eigenvalue weighted by Gasteiger charge is 2.44. The third-order valence-electron chi connectivity index (χ3n) is 5.58. The number of aromatic amines is 1. The molecule has 0 bridgehead atoms. The normalized spacial score (nSPS) is 29.3. The molecule has 1 unspecified atom stereocenters. The average molecular weight is 330 g/mol. The molecule has 0 radical (unpaired) electrons. The second kappa shape index (κ2) is 6.64. The van der Waals surface area contributed by atoms with Gasteiger partial charge in [-0.1, -0.05) is 19.3 Å². The molecular formula is C17H26N6O. The minimum absolute atomic E-state index is 0.00675. The Morgan fingerprint density at radius 3 is 2.79 bits per heavy atom. The van der Waals surface area contributed by atoms with E-state index in [0.29, 0.717) is 5.92 Å². The second-order valence-electron chi connectivity index (χ2n) is 7.31. The molecule has 2 fully saturated rings. The van der Waals surface area contributed by atoms with E-state index in [4.69, 9.17) is 0 Å². The zero-order valence-electron chi connectivity index (χ0n) is 14.1. The fraction of sp³-hybridized carbons (Fsp3) is 0.706. The van der Waals surface area contributed by atoms with Crippen LogP contribution in [-0.2, 0) is 0 Å². The molecule has 7 heteroatoms. The van der Waals surface area contributed by atoms with Crippen LogP contribution < -0.4 is 5.32 Å². The number of rotatable bonds is 5. The Morgan fingerprint density at radius 2 is 2.17 bits per heavy atom. The topological polar surface area (TPSA) is 91.7 Å². The molecule has 130 valence electrons. The molecule has 2 aromatic heterocycles. The standard InChI is InChI=1S/C17H26N6O/c1-11-8-20-23(9-11)16-13(7-14(16)24)21-15(17-18-10-19-22-17)12-5-3-2-4-6-12/h8-10,12-16,21,24H,2-7H2,1H3,(H,18,19,22)/t13-,14+,15?,16+/m0/s1. The average Bonchev–Trinajstić information content (AvgIpc) is 3.24. The predicted molar refractivity (Wildman–Crippen MR) is 89.2 cm³/mol. The molecule has 24 heavy (non-hydrogen) atoms. The Kier molecular flexibility index (Phi) is 4.37. The van der Waals surface area contributed by atoms with Crippen LogP contribution in [0.5, 0.6) is 0 Å². The maximum atomic E-state index is 10.3. The van der Waals surface area contributed by atoms with E-state index in [2.05, 4.69) is 25.6 Å². The molecule has 7 nitrogen and oxygen atoms in total. The van der Waals surface area contributed by atoms with E-state index in [1.807, 2.05) is 24.0 Å². The Balaban J connectivity index is 1.51. The van der Waals surface area contributed by atoms with Crippen LogP contribution in [0.3, 0.4) is 0 Å². The number of nitrogens with zero attached hydrogens (tertiary/aromatic N) is 4. The van der Waals surface area contributed by atoms with Crippen LogP contribution in [0.4, 0.5) is 0 Å². The lowest BCUT2D eigenvalue weighted by Crippen LogP contribution is -2.56. The summed E-state index contributed by atoms with van der Waals surface area (Å²) in [6, 6.07) is 0.369. The van der Waals surface area contributed by atoms with E-state index in [0.717, 1.165) is 17.8 Å². The van der Waals surface area contributed by atoms with Crippen LogP contribution in [0.2, 0.25) is 0 Å². The zero-order chi connectivity index (χ0) is 16.5. The van der Waals surface area contributed by atoms with E-state index in [1.165, 1.54) is 32.1 Å². The van der Waals surface area contributed by atoms with Gasteiger partial charge in [0.15, 0.2) is 0 Å². The van der Waals surface area contributed by atoms with Crippen molar-refractivity contribution >= 4 is 0 Å². The number of aliphatic hydroxyl groups excluding tert-OH is 1. The summed E-state index contributed by atoms with van der Waals surface area (Å²) in [5, 5.41) is 25.5. The van der Waals surface area contributed by atoms with Crippen molar-refractivity contribution in [2.24, 2.45) is 5.92 Å². The summed E-state index contributed by atoms with van der Waals surface area (Å²) in [6.07, 6.45) is 12.2. The summed E-state index contributed by atoms with van der Waals surface area (Å²) >= 11 is 0. The molecular weight excluding hydrogens is 304 g/mol. The Bertz CT molecular complexity index is 648. The smallest absolute Gasteiger partial charge is 0.141 e. The largest absolute Gasteiger partial charge is 0.391 e. The lowest BCUT2D eigenvalue weighted by atomic mass is 9.79. The number of hydrogen-bond donors (Lipinski definition) is 3. The lowest BCUT2D eigenvalue weighted by Gasteiger charge is -2.45. The molecule has 2 heterocycles. The van der Waals surface area contributed by atoms with Gasteiger partial charge in [0.25, 0.3) is 0 Å². The first-order chi connectivity index (χ1) is 11.7. The molecule has 2 aliphatic rings. The van der Waals surface area contributed by atoms with E-state index in [9.17, 15) is 5.11 Å². The Morgan fingerprint density at radius 1 is 1.33 bits per heavy atom. The fourth-order valence-corrected chi connectivity index (χ4v) is 4.24. The first kappa shape index (κ1) is 15.8. The lowest BCUT2D eigenvalue weighted by molar-refractivity contribution is -0.0161. The van der Waals surface area contributed by atoms with Crippen molar-refractivity contribution in [3.8, 4) is 0 Å². The van der Waals surface area contributed by atoms with Crippen molar-refractivity contribution in [2.75, 3.05) is 0 Å². The van der Waals surface area contributed by atoms with E-state index >= 15 is 0 Å². The van der Waals surface area contributed by atoms with Crippen LogP contribution in [0.15, 0.2) is 18.7 Å². The summed E-state index contributed by atoms with van der Waals surface area (Å²) < 4.78 is 1.90. The Hall–Kier alpha value is -1.73. The van der Waals surface area contributed by atoms with Crippen molar-refractivity contribution in [3.63, 3.8) is 0 Å². The van der Waals surface area contributed by atoms with E-state index in [1.54, 1.807) is 6.33 Å². The van der Waals surface area contributed by atoms with Crippen LogP contribution >= 0.6 is 0 Å². The zero-order valence-corrected chi connectivity index (χ0v) is 14.1. The summed E-state index contributed by atoms with van der Waals surface area (Å²) in [6.45, 7) is 2.02. The van der Waals surface area contributed by atoms with Crippen molar-refractivity contribution < 1.29 is 5.11 Å².